The first kappa shape index (κ1) is 21.8. The largest absolute Gasteiger partial charge is 0.490 e. The van der Waals surface area contributed by atoms with E-state index in [1.807, 2.05) is 13.0 Å². The summed E-state index contributed by atoms with van der Waals surface area (Å²) in [6.45, 7) is 3.68. The minimum Gasteiger partial charge on any atom is -0.490 e. The molecule has 0 fully saturated rings. The molecule has 7 nitrogen and oxygen atoms in total. The molecule has 0 saturated heterocycles. The number of nitrogens with one attached hydrogen (secondary N) is 1. The summed E-state index contributed by atoms with van der Waals surface area (Å²) >= 11 is 5.97. The van der Waals surface area contributed by atoms with Crippen molar-refractivity contribution in [1.29, 1.82) is 5.26 Å². The van der Waals surface area contributed by atoms with Crippen molar-refractivity contribution in [2.45, 2.75) is 13.8 Å². The highest BCUT2D eigenvalue weighted by molar-refractivity contribution is 6.31. The van der Waals surface area contributed by atoms with Crippen LogP contribution in [0, 0.1) is 18.3 Å². The monoisotopic (exact) mass is 413 g/mol. The Morgan fingerprint density at radius 3 is 2.62 bits per heavy atom. The second kappa shape index (κ2) is 10.2. The molecule has 0 heterocycles. The van der Waals surface area contributed by atoms with Gasteiger partial charge in [-0.15, -0.1) is 0 Å². The van der Waals surface area contributed by atoms with Crippen molar-refractivity contribution < 1.29 is 19.1 Å². The molecule has 2 amide bonds. The number of rotatable bonds is 8. The molecule has 2 rings (SSSR count). The minimum absolute atomic E-state index is 0.0994. The summed E-state index contributed by atoms with van der Waals surface area (Å²) in [5, 5.41) is 12.6. The van der Waals surface area contributed by atoms with E-state index in [0.717, 1.165) is 5.56 Å². The molecule has 0 bridgehead atoms. The number of anilines is 1. The Bertz CT molecular complexity index is 996. The summed E-state index contributed by atoms with van der Waals surface area (Å²) in [5.41, 5.74) is 6.88. The van der Waals surface area contributed by atoms with E-state index in [-0.39, 0.29) is 12.2 Å². The van der Waals surface area contributed by atoms with Gasteiger partial charge in [-0.1, -0.05) is 23.7 Å². The Kier molecular flexibility index (Phi) is 7.63. The van der Waals surface area contributed by atoms with Crippen LogP contribution < -0.4 is 20.5 Å². The van der Waals surface area contributed by atoms with Crippen molar-refractivity contribution in [3.8, 4) is 17.6 Å². The number of carbonyl (C=O) groups is 2. The van der Waals surface area contributed by atoms with E-state index < -0.39 is 11.8 Å². The molecule has 0 spiro atoms. The normalized spacial score (nSPS) is 10.8. The van der Waals surface area contributed by atoms with E-state index in [1.165, 1.54) is 6.08 Å². The number of carbonyl (C=O) groups excluding carboxylic acids is 2. The van der Waals surface area contributed by atoms with Crippen LogP contribution in [0.15, 0.2) is 42.0 Å². The maximum absolute atomic E-state index is 12.5. The summed E-state index contributed by atoms with van der Waals surface area (Å²) in [6.07, 6.45) is 1.43. The molecule has 0 saturated carbocycles. The Hall–Kier alpha value is -3.50. The predicted octanol–water partition coefficient (Wildman–Crippen LogP) is 3.46. The molecule has 2 aromatic carbocycles. The molecule has 0 aromatic heterocycles. The molecule has 0 aliphatic rings. The number of hydrogen-bond acceptors (Lipinski definition) is 5. The molecule has 0 radical (unpaired) electrons. The fourth-order valence-corrected chi connectivity index (χ4v) is 2.56. The van der Waals surface area contributed by atoms with E-state index in [9.17, 15) is 14.9 Å². The molecule has 0 aliphatic carbocycles. The zero-order chi connectivity index (χ0) is 21.4. The van der Waals surface area contributed by atoms with Crippen molar-refractivity contribution in [2.24, 2.45) is 5.73 Å². The third-order valence-electron chi connectivity index (χ3n) is 3.76. The number of amides is 2. The number of primary amides is 1. The van der Waals surface area contributed by atoms with Crippen molar-refractivity contribution in [3.05, 3.63) is 58.1 Å². The van der Waals surface area contributed by atoms with Gasteiger partial charge in [0.05, 0.1) is 6.61 Å². The van der Waals surface area contributed by atoms with Gasteiger partial charge in [-0.25, -0.2) is 0 Å². The number of benzene rings is 2. The fraction of sp³-hybridized carbons (Fsp3) is 0.190. The molecule has 0 unspecified atom stereocenters. The third-order valence-corrected chi connectivity index (χ3v) is 4.00. The summed E-state index contributed by atoms with van der Waals surface area (Å²) < 4.78 is 10.8. The van der Waals surface area contributed by atoms with E-state index in [0.29, 0.717) is 34.4 Å². The van der Waals surface area contributed by atoms with Gasteiger partial charge in [0.25, 0.3) is 11.8 Å². The number of hydrogen-bond donors (Lipinski definition) is 2. The lowest BCUT2D eigenvalue weighted by atomic mass is 10.1. The summed E-state index contributed by atoms with van der Waals surface area (Å²) in [6, 6.07) is 11.8. The highest BCUT2D eigenvalue weighted by Crippen LogP contribution is 2.29. The standard InChI is InChI=1S/C21H20ClN3O4/c1-3-28-19-9-14(5-7-18(19)29-12-20(24)26)8-15(11-23)21(27)25-17-10-16(22)6-4-13(17)2/h4-10H,3,12H2,1-2H3,(H2,24,26)(H,25,27)/b15-8+. The molecule has 8 heteroatoms. The molecular weight excluding hydrogens is 394 g/mol. The maximum Gasteiger partial charge on any atom is 0.266 e. The van der Waals surface area contributed by atoms with Crippen LogP contribution in [0.5, 0.6) is 11.5 Å². The second-order valence-corrected chi connectivity index (χ2v) is 6.41. The van der Waals surface area contributed by atoms with Crippen molar-refractivity contribution >= 4 is 35.2 Å². The van der Waals surface area contributed by atoms with E-state index in [4.69, 9.17) is 26.8 Å². The average molecular weight is 414 g/mol. The predicted molar refractivity (Wildman–Crippen MR) is 111 cm³/mol. The number of aryl methyl sites for hydroxylation is 1. The summed E-state index contributed by atoms with van der Waals surface area (Å²) in [5.74, 6) is -0.479. The number of ether oxygens (including phenoxy) is 2. The van der Waals surface area contributed by atoms with Crippen LogP contribution in [0.1, 0.15) is 18.1 Å². The first-order valence-electron chi connectivity index (χ1n) is 8.71. The number of halogens is 1. The second-order valence-electron chi connectivity index (χ2n) is 5.98. The molecule has 0 atom stereocenters. The first-order valence-corrected chi connectivity index (χ1v) is 9.09. The van der Waals surface area contributed by atoms with Crippen molar-refractivity contribution in [1.82, 2.24) is 0 Å². The molecule has 150 valence electrons. The zero-order valence-corrected chi connectivity index (χ0v) is 16.7. The Morgan fingerprint density at radius 1 is 1.21 bits per heavy atom. The van der Waals surface area contributed by atoms with Gasteiger partial charge in [-0.2, -0.15) is 5.26 Å². The van der Waals surface area contributed by atoms with Crippen LogP contribution in [-0.4, -0.2) is 25.0 Å². The zero-order valence-electron chi connectivity index (χ0n) is 16.0. The lowest BCUT2D eigenvalue weighted by Gasteiger charge is -2.12. The Balaban J connectivity index is 2.28. The smallest absolute Gasteiger partial charge is 0.266 e. The highest BCUT2D eigenvalue weighted by atomic mass is 35.5. The van der Waals surface area contributed by atoms with Gasteiger partial charge in [-0.3, -0.25) is 9.59 Å². The van der Waals surface area contributed by atoms with Crippen molar-refractivity contribution in [2.75, 3.05) is 18.5 Å². The number of nitriles is 1. The van der Waals surface area contributed by atoms with Gasteiger partial charge < -0.3 is 20.5 Å². The topological polar surface area (TPSA) is 114 Å². The fourth-order valence-electron chi connectivity index (χ4n) is 2.38. The molecule has 0 aliphatic heterocycles. The van der Waals surface area contributed by atoms with Gasteiger partial charge >= 0.3 is 0 Å². The molecule has 29 heavy (non-hydrogen) atoms. The first-order chi connectivity index (χ1) is 13.8. The highest BCUT2D eigenvalue weighted by Gasteiger charge is 2.13. The number of nitrogens with zero attached hydrogens (tertiary/aromatic N) is 1. The average Bonchev–Trinajstić information content (AvgIpc) is 2.68. The van der Waals surface area contributed by atoms with Crippen LogP contribution in [0.2, 0.25) is 5.02 Å². The molecule has 2 aromatic rings. The lowest BCUT2D eigenvalue weighted by Crippen LogP contribution is -2.20. The Labute approximate surface area is 173 Å². The quantitative estimate of drug-likeness (QED) is 0.508. The maximum atomic E-state index is 12.5. The van der Waals surface area contributed by atoms with Crippen LogP contribution >= 0.6 is 11.6 Å². The van der Waals surface area contributed by atoms with E-state index in [2.05, 4.69) is 5.32 Å². The van der Waals surface area contributed by atoms with Gasteiger partial charge in [0.2, 0.25) is 0 Å². The third kappa shape index (κ3) is 6.26. The van der Waals surface area contributed by atoms with Crippen LogP contribution in [0.3, 0.4) is 0 Å². The molecule has 3 N–H and O–H groups in total. The van der Waals surface area contributed by atoms with E-state index >= 15 is 0 Å². The minimum atomic E-state index is -0.615. The van der Waals surface area contributed by atoms with Gasteiger partial charge in [0.1, 0.15) is 11.6 Å². The van der Waals surface area contributed by atoms with Gasteiger partial charge in [0.15, 0.2) is 18.1 Å². The Morgan fingerprint density at radius 2 is 1.97 bits per heavy atom. The molecular formula is C21H20ClN3O4. The van der Waals surface area contributed by atoms with Crippen molar-refractivity contribution in [3.63, 3.8) is 0 Å². The lowest BCUT2D eigenvalue weighted by molar-refractivity contribution is -0.120. The summed E-state index contributed by atoms with van der Waals surface area (Å²) in [7, 11) is 0. The van der Waals surface area contributed by atoms with Crippen LogP contribution in [-0.2, 0) is 9.59 Å². The van der Waals surface area contributed by atoms with Gasteiger partial charge in [-0.05, 0) is 55.3 Å². The summed E-state index contributed by atoms with van der Waals surface area (Å²) in [4.78, 5) is 23.4. The number of nitrogens with two attached hydrogens (primary N) is 1. The SMILES string of the molecule is CCOc1cc(/C=C(\C#N)C(=O)Nc2cc(Cl)ccc2C)ccc1OCC(N)=O. The van der Waals surface area contributed by atoms with Crippen LogP contribution in [0.4, 0.5) is 5.69 Å². The van der Waals surface area contributed by atoms with Crippen LogP contribution in [0.25, 0.3) is 6.08 Å². The van der Waals surface area contributed by atoms with E-state index in [1.54, 1.807) is 43.3 Å². The van der Waals surface area contributed by atoms with Gasteiger partial charge in [0, 0.05) is 10.7 Å².